The predicted octanol–water partition coefficient (Wildman–Crippen LogP) is 2.27. The second kappa shape index (κ2) is 6.94. The molecule has 1 atom stereocenters. The quantitative estimate of drug-likeness (QED) is 0.872. The van der Waals surface area contributed by atoms with Crippen LogP contribution >= 0.6 is 11.6 Å². The summed E-state index contributed by atoms with van der Waals surface area (Å²) in [5.74, 6) is -2.15. The zero-order valence-electron chi connectivity index (χ0n) is 13.2. The van der Waals surface area contributed by atoms with E-state index in [0.29, 0.717) is 21.3 Å². The van der Waals surface area contributed by atoms with Gasteiger partial charge in [0.05, 0.1) is 17.3 Å². The molecule has 3 rings (SSSR count). The molecule has 1 aromatic heterocycles. The summed E-state index contributed by atoms with van der Waals surface area (Å²) >= 11 is 5.96. The smallest absolute Gasteiger partial charge is 0.333 e. The first-order valence-electron chi connectivity index (χ1n) is 7.53. The molecular formula is C15H13ClF3N5O2. The van der Waals surface area contributed by atoms with Crippen LogP contribution < -0.4 is 5.32 Å². The van der Waals surface area contributed by atoms with Gasteiger partial charge in [0, 0.05) is 18.0 Å². The molecule has 11 heteroatoms. The van der Waals surface area contributed by atoms with Gasteiger partial charge < -0.3 is 10.2 Å². The summed E-state index contributed by atoms with van der Waals surface area (Å²) in [7, 11) is 0. The Labute approximate surface area is 150 Å². The molecule has 1 aromatic carbocycles. The number of anilines is 1. The van der Waals surface area contributed by atoms with Crippen LogP contribution in [0.4, 0.5) is 18.9 Å². The lowest BCUT2D eigenvalue weighted by molar-refractivity contribution is -0.157. The van der Waals surface area contributed by atoms with E-state index in [1.807, 2.05) is 0 Å². The largest absolute Gasteiger partial charge is 0.406 e. The number of amides is 2. The van der Waals surface area contributed by atoms with Crippen LogP contribution in [0.3, 0.4) is 0 Å². The van der Waals surface area contributed by atoms with E-state index in [1.54, 1.807) is 12.1 Å². The van der Waals surface area contributed by atoms with Crippen molar-refractivity contribution in [3.05, 3.63) is 35.9 Å². The number of benzene rings is 1. The molecular weight excluding hydrogens is 375 g/mol. The average Bonchev–Trinajstić information content (AvgIpc) is 3.17. The molecule has 1 fully saturated rings. The molecule has 1 saturated heterocycles. The van der Waals surface area contributed by atoms with Crippen molar-refractivity contribution in [1.29, 1.82) is 0 Å². The minimum Gasteiger partial charge on any atom is -0.333 e. The van der Waals surface area contributed by atoms with Crippen LogP contribution in [-0.2, 0) is 9.59 Å². The molecule has 0 radical (unpaired) electrons. The molecule has 1 aliphatic heterocycles. The summed E-state index contributed by atoms with van der Waals surface area (Å²) in [6, 6.07) is 4.70. The summed E-state index contributed by atoms with van der Waals surface area (Å²) in [4.78, 5) is 28.6. The van der Waals surface area contributed by atoms with E-state index in [-0.39, 0.29) is 13.0 Å². The van der Waals surface area contributed by atoms with Crippen LogP contribution in [0.2, 0.25) is 5.02 Å². The van der Waals surface area contributed by atoms with Crippen LogP contribution in [0.1, 0.15) is 6.42 Å². The van der Waals surface area contributed by atoms with Crippen molar-refractivity contribution in [3.8, 4) is 5.69 Å². The van der Waals surface area contributed by atoms with Gasteiger partial charge in [0.25, 0.3) is 0 Å². The SMILES string of the molecule is O=C(Nc1cc(Cl)ccc1-n1cncn1)C1CC(=O)N(CC(F)(F)F)C1. The first-order valence-corrected chi connectivity index (χ1v) is 7.90. The van der Waals surface area contributed by atoms with E-state index in [4.69, 9.17) is 11.6 Å². The number of likely N-dealkylation sites (tertiary alicyclic amines) is 1. The lowest BCUT2D eigenvalue weighted by atomic mass is 10.1. The number of nitrogens with one attached hydrogen (secondary N) is 1. The lowest BCUT2D eigenvalue weighted by Crippen LogP contribution is -2.36. The number of carbonyl (C=O) groups is 2. The fourth-order valence-corrected chi connectivity index (χ4v) is 2.86. The Morgan fingerprint density at radius 1 is 1.38 bits per heavy atom. The monoisotopic (exact) mass is 387 g/mol. The fourth-order valence-electron chi connectivity index (χ4n) is 2.69. The molecule has 0 aliphatic carbocycles. The second-order valence-corrected chi connectivity index (χ2v) is 6.22. The van der Waals surface area contributed by atoms with Gasteiger partial charge in [-0.15, -0.1) is 0 Å². The highest BCUT2D eigenvalue weighted by Crippen LogP contribution is 2.27. The topological polar surface area (TPSA) is 80.1 Å². The summed E-state index contributed by atoms with van der Waals surface area (Å²) in [6.45, 7) is -1.65. The van der Waals surface area contributed by atoms with Gasteiger partial charge in [-0.2, -0.15) is 18.3 Å². The Morgan fingerprint density at radius 3 is 2.81 bits per heavy atom. The lowest BCUT2D eigenvalue weighted by Gasteiger charge is -2.18. The Morgan fingerprint density at radius 2 is 2.15 bits per heavy atom. The van der Waals surface area contributed by atoms with Crippen LogP contribution in [0.5, 0.6) is 0 Å². The summed E-state index contributed by atoms with van der Waals surface area (Å²) in [6.07, 6.45) is -2.05. The third-order valence-corrected chi connectivity index (χ3v) is 4.07. The minimum absolute atomic E-state index is 0.277. The molecule has 1 N–H and O–H groups in total. The van der Waals surface area contributed by atoms with Crippen LogP contribution in [0.25, 0.3) is 5.69 Å². The Hall–Kier alpha value is -2.62. The van der Waals surface area contributed by atoms with Crippen molar-refractivity contribution >= 4 is 29.1 Å². The minimum atomic E-state index is -4.51. The number of alkyl halides is 3. The van der Waals surface area contributed by atoms with Crippen molar-refractivity contribution in [2.24, 2.45) is 5.92 Å². The summed E-state index contributed by atoms with van der Waals surface area (Å²) in [5.41, 5.74) is 0.798. The van der Waals surface area contributed by atoms with E-state index in [0.717, 1.165) is 0 Å². The number of hydrogen-bond donors (Lipinski definition) is 1. The normalized spacial score (nSPS) is 17.6. The van der Waals surface area contributed by atoms with Crippen LogP contribution in [0, 0.1) is 5.92 Å². The van der Waals surface area contributed by atoms with Crippen LogP contribution in [-0.4, -0.2) is 50.7 Å². The number of rotatable bonds is 4. The highest BCUT2D eigenvalue weighted by molar-refractivity contribution is 6.31. The molecule has 1 unspecified atom stereocenters. The molecule has 0 saturated carbocycles. The van der Waals surface area contributed by atoms with Crippen molar-refractivity contribution < 1.29 is 22.8 Å². The van der Waals surface area contributed by atoms with Gasteiger partial charge in [-0.3, -0.25) is 9.59 Å². The van der Waals surface area contributed by atoms with Gasteiger partial charge >= 0.3 is 6.18 Å². The number of aromatic nitrogens is 3. The summed E-state index contributed by atoms with van der Waals surface area (Å²) in [5, 5.41) is 6.94. The average molecular weight is 388 g/mol. The molecule has 2 aromatic rings. The molecule has 1 aliphatic rings. The number of halogens is 4. The van der Waals surface area contributed by atoms with E-state index < -0.39 is 30.5 Å². The standard InChI is InChI=1S/C15H13ClF3N5O2/c16-10-1-2-12(24-8-20-7-21-24)11(4-10)22-14(26)9-3-13(25)23(5-9)6-15(17,18)19/h1-2,4,7-9H,3,5-6H2,(H,22,26). The Balaban J connectivity index is 1.75. The second-order valence-electron chi connectivity index (χ2n) is 5.78. The Bertz CT molecular complexity index is 825. The highest BCUT2D eigenvalue weighted by Gasteiger charge is 2.40. The maximum atomic E-state index is 12.5. The van der Waals surface area contributed by atoms with Gasteiger partial charge in [-0.25, -0.2) is 9.67 Å². The highest BCUT2D eigenvalue weighted by atomic mass is 35.5. The van der Waals surface area contributed by atoms with Crippen molar-refractivity contribution in [1.82, 2.24) is 19.7 Å². The third-order valence-electron chi connectivity index (χ3n) is 3.84. The fraction of sp³-hybridized carbons (Fsp3) is 0.333. The molecule has 0 bridgehead atoms. The third kappa shape index (κ3) is 4.13. The van der Waals surface area contributed by atoms with Crippen molar-refractivity contribution in [3.63, 3.8) is 0 Å². The van der Waals surface area contributed by atoms with Gasteiger partial charge in [-0.05, 0) is 18.2 Å². The van der Waals surface area contributed by atoms with Gasteiger partial charge in [0.1, 0.15) is 19.2 Å². The molecule has 2 amide bonds. The van der Waals surface area contributed by atoms with Crippen molar-refractivity contribution in [2.45, 2.75) is 12.6 Å². The van der Waals surface area contributed by atoms with Gasteiger partial charge in [-0.1, -0.05) is 11.6 Å². The molecule has 2 heterocycles. The molecule has 138 valence electrons. The van der Waals surface area contributed by atoms with Gasteiger partial charge in [0.2, 0.25) is 11.8 Å². The van der Waals surface area contributed by atoms with E-state index in [9.17, 15) is 22.8 Å². The zero-order chi connectivity index (χ0) is 18.9. The molecule has 26 heavy (non-hydrogen) atoms. The van der Waals surface area contributed by atoms with Crippen molar-refractivity contribution in [2.75, 3.05) is 18.4 Å². The summed E-state index contributed by atoms with van der Waals surface area (Å²) < 4.78 is 38.9. The maximum absolute atomic E-state index is 12.5. The molecule has 7 nitrogen and oxygen atoms in total. The number of hydrogen-bond acceptors (Lipinski definition) is 4. The predicted molar refractivity (Wildman–Crippen MR) is 85.7 cm³/mol. The van der Waals surface area contributed by atoms with E-state index in [2.05, 4.69) is 15.4 Å². The first-order chi connectivity index (χ1) is 12.2. The number of carbonyl (C=O) groups excluding carboxylic acids is 2. The first kappa shape index (κ1) is 18.2. The van der Waals surface area contributed by atoms with Gasteiger partial charge in [0.15, 0.2) is 0 Å². The van der Waals surface area contributed by atoms with E-state index >= 15 is 0 Å². The maximum Gasteiger partial charge on any atom is 0.406 e. The zero-order valence-corrected chi connectivity index (χ0v) is 14.0. The molecule has 0 spiro atoms. The Kier molecular flexibility index (Phi) is 4.86. The number of nitrogens with zero attached hydrogens (tertiary/aromatic N) is 4. The van der Waals surface area contributed by atoms with Crippen LogP contribution in [0.15, 0.2) is 30.9 Å². The van der Waals surface area contributed by atoms with E-state index in [1.165, 1.54) is 23.4 Å².